The minimum Gasteiger partial charge on any atom is -0.490 e. The van der Waals surface area contributed by atoms with E-state index in [1.807, 2.05) is 0 Å². The van der Waals surface area contributed by atoms with E-state index < -0.39 is 0 Å². The molecule has 0 saturated carbocycles. The first-order chi connectivity index (χ1) is 9.66. The van der Waals surface area contributed by atoms with Crippen molar-refractivity contribution < 1.29 is 4.74 Å². The molecule has 3 heteroatoms. The van der Waals surface area contributed by atoms with Crippen molar-refractivity contribution >= 4 is 0 Å². The Morgan fingerprint density at radius 1 is 1.30 bits per heavy atom. The van der Waals surface area contributed by atoms with Crippen molar-refractivity contribution in [2.24, 2.45) is 0 Å². The first-order valence-corrected chi connectivity index (χ1v) is 7.86. The van der Waals surface area contributed by atoms with Crippen molar-refractivity contribution in [3.63, 3.8) is 0 Å². The number of nitrogens with zero attached hydrogens (tertiary/aromatic N) is 1. The van der Waals surface area contributed by atoms with Gasteiger partial charge in [-0.1, -0.05) is 12.1 Å². The van der Waals surface area contributed by atoms with Gasteiger partial charge in [0.2, 0.25) is 0 Å². The Morgan fingerprint density at radius 2 is 2.10 bits per heavy atom. The fourth-order valence-electron chi connectivity index (χ4n) is 3.35. The molecular weight excluding hydrogens is 248 g/mol. The highest BCUT2D eigenvalue weighted by atomic mass is 16.5. The molecule has 0 aliphatic carbocycles. The number of hydrogen-bond acceptors (Lipinski definition) is 3. The number of ether oxygens (including phenoxy) is 1. The molecule has 1 N–H and O–H groups in total. The van der Waals surface area contributed by atoms with Gasteiger partial charge in [0.25, 0.3) is 0 Å². The summed E-state index contributed by atoms with van der Waals surface area (Å²) >= 11 is 0. The van der Waals surface area contributed by atoms with Gasteiger partial charge in [-0.25, -0.2) is 0 Å². The molecule has 0 bridgehead atoms. The third kappa shape index (κ3) is 2.99. The molecule has 0 amide bonds. The first kappa shape index (κ1) is 13.9. The highest BCUT2D eigenvalue weighted by Crippen LogP contribution is 2.32. The second-order valence-corrected chi connectivity index (χ2v) is 6.51. The molecule has 0 radical (unpaired) electrons. The van der Waals surface area contributed by atoms with E-state index in [2.05, 4.69) is 48.5 Å². The molecule has 3 nitrogen and oxygen atoms in total. The lowest BCUT2D eigenvalue weighted by atomic mass is 9.90. The van der Waals surface area contributed by atoms with Gasteiger partial charge >= 0.3 is 0 Å². The topological polar surface area (TPSA) is 24.5 Å². The Balaban J connectivity index is 1.68. The minimum absolute atomic E-state index is 0.131. The summed E-state index contributed by atoms with van der Waals surface area (Å²) in [4.78, 5) is 2.37. The van der Waals surface area contributed by atoms with E-state index in [9.17, 15) is 0 Å². The molecule has 1 aromatic rings. The van der Waals surface area contributed by atoms with Crippen LogP contribution < -0.4 is 10.1 Å². The number of nitrogens with one attached hydrogen (secondary N) is 1. The van der Waals surface area contributed by atoms with Crippen LogP contribution in [0.15, 0.2) is 24.3 Å². The number of rotatable bonds is 3. The molecule has 1 atom stereocenters. The van der Waals surface area contributed by atoms with Gasteiger partial charge < -0.3 is 15.0 Å². The SMILES string of the molecule is CN1CCC(Oc2cccc(C3(C)CCCN3)c2)CC1. The molecule has 0 aromatic heterocycles. The Kier molecular flexibility index (Phi) is 3.99. The van der Waals surface area contributed by atoms with E-state index >= 15 is 0 Å². The van der Waals surface area contributed by atoms with Gasteiger partial charge in [-0.15, -0.1) is 0 Å². The van der Waals surface area contributed by atoms with E-state index in [1.54, 1.807) is 0 Å². The number of likely N-dealkylation sites (tertiary alicyclic amines) is 1. The highest BCUT2D eigenvalue weighted by molar-refractivity contribution is 5.34. The lowest BCUT2D eigenvalue weighted by molar-refractivity contribution is 0.114. The van der Waals surface area contributed by atoms with Crippen LogP contribution in [-0.2, 0) is 5.54 Å². The second kappa shape index (κ2) is 5.74. The Morgan fingerprint density at radius 3 is 2.80 bits per heavy atom. The second-order valence-electron chi connectivity index (χ2n) is 6.51. The standard InChI is InChI=1S/C17H26N2O/c1-17(9-4-10-18-17)14-5-3-6-16(13-14)20-15-7-11-19(2)12-8-15/h3,5-6,13,15,18H,4,7-12H2,1-2H3. The summed E-state index contributed by atoms with van der Waals surface area (Å²) < 4.78 is 6.19. The zero-order chi connectivity index (χ0) is 14.0. The quantitative estimate of drug-likeness (QED) is 0.917. The smallest absolute Gasteiger partial charge is 0.120 e. The Hall–Kier alpha value is -1.06. The Labute approximate surface area is 122 Å². The normalized spacial score (nSPS) is 28.7. The lowest BCUT2D eigenvalue weighted by Gasteiger charge is -2.30. The van der Waals surface area contributed by atoms with E-state index in [4.69, 9.17) is 4.74 Å². The average molecular weight is 274 g/mol. The van der Waals surface area contributed by atoms with Crippen LogP contribution in [0.3, 0.4) is 0 Å². The molecule has 2 aliphatic rings. The summed E-state index contributed by atoms with van der Waals surface area (Å²) in [6, 6.07) is 8.68. The van der Waals surface area contributed by atoms with E-state index in [0.29, 0.717) is 6.10 Å². The number of benzene rings is 1. The van der Waals surface area contributed by atoms with Crippen LogP contribution in [0.1, 0.15) is 38.2 Å². The van der Waals surface area contributed by atoms with E-state index in [0.717, 1.165) is 38.2 Å². The van der Waals surface area contributed by atoms with Gasteiger partial charge in [-0.3, -0.25) is 0 Å². The molecule has 3 rings (SSSR count). The first-order valence-electron chi connectivity index (χ1n) is 7.86. The maximum absolute atomic E-state index is 6.19. The zero-order valence-electron chi connectivity index (χ0n) is 12.7. The van der Waals surface area contributed by atoms with Gasteiger partial charge in [0.15, 0.2) is 0 Å². The Bertz CT molecular complexity index is 446. The largest absolute Gasteiger partial charge is 0.490 e. The summed E-state index contributed by atoms with van der Waals surface area (Å²) in [5.41, 5.74) is 1.49. The van der Waals surface area contributed by atoms with E-state index in [-0.39, 0.29) is 5.54 Å². The van der Waals surface area contributed by atoms with Crippen LogP contribution in [0.2, 0.25) is 0 Å². The summed E-state index contributed by atoms with van der Waals surface area (Å²) in [5.74, 6) is 1.03. The number of piperidine rings is 1. The van der Waals surface area contributed by atoms with Crippen molar-refractivity contribution in [1.82, 2.24) is 10.2 Å². The molecule has 110 valence electrons. The van der Waals surface area contributed by atoms with E-state index in [1.165, 1.54) is 18.4 Å². The van der Waals surface area contributed by atoms with Crippen molar-refractivity contribution in [3.05, 3.63) is 29.8 Å². The molecular formula is C17H26N2O. The molecule has 2 saturated heterocycles. The third-order valence-corrected chi connectivity index (χ3v) is 4.81. The van der Waals surface area contributed by atoms with Gasteiger partial charge in [0, 0.05) is 18.6 Å². The third-order valence-electron chi connectivity index (χ3n) is 4.81. The molecule has 1 aromatic carbocycles. The van der Waals surface area contributed by atoms with Crippen molar-refractivity contribution in [1.29, 1.82) is 0 Å². The summed E-state index contributed by atoms with van der Waals surface area (Å²) in [6.07, 6.45) is 5.12. The maximum atomic E-state index is 6.19. The lowest BCUT2D eigenvalue weighted by Crippen LogP contribution is -2.36. The van der Waals surface area contributed by atoms with Gasteiger partial charge in [0.1, 0.15) is 11.9 Å². The van der Waals surface area contributed by atoms with Gasteiger partial charge in [0.05, 0.1) is 0 Å². The highest BCUT2D eigenvalue weighted by Gasteiger charge is 2.30. The van der Waals surface area contributed by atoms with Crippen LogP contribution in [0.4, 0.5) is 0 Å². The predicted octanol–water partition coefficient (Wildman–Crippen LogP) is 2.76. The van der Waals surface area contributed by atoms with Crippen molar-refractivity contribution in [2.45, 2.75) is 44.2 Å². The average Bonchev–Trinajstić information content (AvgIpc) is 2.90. The molecule has 1 unspecified atom stereocenters. The fourth-order valence-corrected chi connectivity index (χ4v) is 3.35. The van der Waals surface area contributed by atoms with Crippen LogP contribution in [0, 0.1) is 0 Å². The summed E-state index contributed by atoms with van der Waals surface area (Å²) in [7, 11) is 2.18. The number of hydrogen-bond donors (Lipinski definition) is 1. The molecule has 2 heterocycles. The maximum Gasteiger partial charge on any atom is 0.120 e. The summed E-state index contributed by atoms with van der Waals surface area (Å²) in [6.45, 7) is 5.71. The van der Waals surface area contributed by atoms with Crippen LogP contribution in [-0.4, -0.2) is 37.7 Å². The summed E-state index contributed by atoms with van der Waals surface area (Å²) in [5, 5.41) is 3.62. The monoisotopic (exact) mass is 274 g/mol. The molecule has 20 heavy (non-hydrogen) atoms. The fraction of sp³-hybridized carbons (Fsp3) is 0.647. The van der Waals surface area contributed by atoms with Crippen molar-refractivity contribution in [2.75, 3.05) is 26.7 Å². The molecule has 2 aliphatic heterocycles. The van der Waals surface area contributed by atoms with Crippen LogP contribution in [0.25, 0.3) is 0 Å². The van der Waals surface area contributed by atoms with Crippen LogP contribution >= 0.6 is 0 Å². The predicted molar refractivity (Wildman–Crippen MR) is 82.2 cm³/mol. The van der Waals surface area contributed by atoms with Crippen molar-refractivity contribution in [3.8, 4) is 5.75 Å². The van der Waals surface area contributed by atoms with Gasteiger partial charge in [-0.2, -0.15) is 0 Å². The minimum atomic E-state index is 0.131. The molecule has 2 fully saturated rings. The van der Waals surface area contributed by atoms with Gasteiger partial charge in [-0.05, 0) is 63.9 Å². The molecule has 0 spiro atoms. The zero-order valence-corrected chi connectivity index (χ0v) is 12.7. The van der Waals surface area contributed by atoms with Crippen LogP contribution in [0.5, 0.6) is 5.75 Å².